The number of fused-ring (bicyclic) bond motifs is 5. The van der Waals surface area contributed by atoms with E-state index < -0.39 is 11.8 Å². The number of benzene rings is 8. The van der Waals surface area contributed by atoms with E-state index in [9.17, 15) is 0 Å². The maximum Gasteiger partial charge on any atom is 0.265 e. The lowest BCUT2D eigenvalue weighted by molar-refractivity contribution is -0.115. The minimum atomic E-state index is -0.397. The number of aromatic nitrogens is 2. The number of hydrogen-bond acceptors (Lipinski definition) is 12. The zero-order valence-electron chi connectivity index (χ0n) is 44.7. The first-order valence-corrected chi connectivity index (χ1v) is 31.3. The smallest absolute Gasteiger partial charge is 0.265 e. The summed E-state index contributed by atoms with van der Waals surface area (Å²) in [6, 6.07) is 65.3. The zero-order valence-corrected chi connectivity index (χ0v) is 48.0. The normalized spacial score (nSPS) is 13.5. The number of nitrogens with zero attached hydrogens (tertiary/aromatic N) is 6. The minimum Gasteiger partial charge on any atom is -0.464 e. The second-order valence-corrected chi connectivity index (χ2v) is 23.1. The van der Waals surface area contributed by atoms with Crippen LogP contribution < -0.4 is 19.6 Å². The van der Waals surface area contributed by atoms with Gasteiger partial charge in [-0.2, -0.15) is 0 Å². The predicted molar refractivity (Wildman–Crippen MR) is 341 cm³/mol. The maximum absolute atomic E-state index is 16.4. The number of anilines is 8. The third-order valence-electron chi connectivity index (χ3n) is 15.2. The van der Waals surface area contributed by atoms with Crippen LogP contribution in [-0.2, 0) is 9.59 Å². The van der Waals surface area contributed by atoms with Gasteiger partial charge in [0.2, 0.25) is 0 Å². The molecule has 0 aliphatic carbocycles. The molecule has 0 radical (unpaired) electrons. The average Bonchev–Trinajstić information content (AvgIpc) is 3.42. The number of amides is 2. The van der Waals surface area contributed by atoms with Gasteiger partial charge in [-0.25, -0.2) is 0 Å². The molecule has 10 nitrogen and oxygen atoms in total. The first-order chi connectivity index (χ1) is 40.3. The van der Waals surface area contributed by atoms with Crippen molar-refractivity contribution >= 4 is 159 Å². The molecule has 0 saturated carbocycles. The Kier molecular flexibility index (Phi) is 13.2. The SMILES string of the molecule is CSc1ccc(N(c2ccc(SC)cc2)c2ccc(C3=C4C(=O)N(c5ccc6cccnc6c5)C(c5ccc(N(c6ccc(SC)cc6)c6ccc(SC)cc6)c6ccoc56)=C4C(=O)N3c3ccc4cccnc4c3)c3occc23)cc1. The molecule has 398 valence electrons. The Bertz CT molecular complexity index is 4190. The summed E-state index contributed by atoms with van der Waals surface area (Å²) in [5, 5.41) is 3.38. The Hall–Kier alpha value is -8.92. The summed E-state index contributed by atoms with van der Waals surface area (Å²) in [6.45, 7) is 0. The van der Waals surface area contributed by atoms with Crippen molar-refractivity contribution in [3.8, 4) is 0 Å². The summed E-state index contributed by atoms with van der Waals surface area (Å²) >= 11 is 6.76. The van der Waals surface area contributed by atoms with Gasteiger partial charge < -0.3 is 18.6 Å². The van der Waals surface area contributed by atoms with Gasteiger partial charge in [-0.1, -0.05) is 24.3 Å². The van der Waals surface area contributed by atoms with Crippen LogP contribution in [0.1, 0.15) is 11.1 Å². The molecule has 8 aromatic carbocycles. The zero-order chi connectivity index (χ0) is 55.6. The molecule has 2 aliphatic rings. The largest absolute Gasteiger partial charge is 0.464 e. The molecule has 14 rings (SSSR count). The Morgan fingerprint density at radius 3 is 1.10 bits per heavy atom. The van der Waals surface area contributed by atoms with Crippen molar-refractivity contribution in [1.82, 2.24) is 9.97 Å². The topological polar surface area (TPSA) is 99.2 Å². The first kappa shape index (κ1) is 51.2. The molecular weight excluding hydrogens is 1090 g/mol. The fourth-order valence-corrected chi connectivity index (χ4v) is 13.0. The van der Waals surface area contributed by atoms with E-state index in [1.165, 1.54) is 0 Å². The Balaban J connectivity index is 1.03. The van der Waals surface area contributed by atoms with Crippen molar-refractivity contribution in [1.29, 1.82) is 0 Å². The lowest BCUT2D eigenvalue weighted by Crippen LogP contribution is -2.30. The highest BCUT2D eigenvalue weighted by Gasteiger charge is 2.51. The molecule has 0 saturated heterocycles. The monoisotopic (exact) mass is 1140 g/mol. The van der Waals surface area contributed by atoms with Crippen molar-refractivity contribution in [2.45, 2.75) is 19.6 Å². The molecule has 0 N–H and O–H groups in total. The van der Waals surface area contributed by atoms with Crippen LogP contribution in [0.5, 0.6) is 0 Å². The van der Waals surface area contributed by atoms with Crippen LogP contribution in [0.4, 0.5) is 45.5 Å². The molecule has 82 heavy (non-hydrogen) atoms. The van der Waals surface area contributed by atoms with E-state index in [1.807, 2.05) is 84.9 Å². The molecule has 2 aliphatic heterocycles. The number of furan rings is 2. The molecule has 12 aromatic rings. The lowest BCUT2D eigenvalue weighted by Gasteiger charge is -2.28. The summed E-state index contributed by atoms with van der Waals surface area (Å²) in [6.07, 6.45) is 15.1. The predicted octanol–water partition coefficient (Wildman–Crippen LogP) is 18.3. The number of hydrogen-bond donors (Lipinski definition) is 0. The molecule has 0 atom stereocenters. The molecule has 0 unspecified atom stereocenters. The number of pyridine rings is 2. The molecule has 4 aromatic heterocycles. The van der Waals surface area contributed by atoms with Crippen LogP contribution in [-0.4, -0.2) is 46.8 Å². The average molecular weight is 1140 g/mol. The van der Waals surface area contributed by atoms with Crippen LogP contribution in [0.3, 0.4) is 0 Å². The summed E-state index contributed by atoms with van der Waals surface area (Å²) in [4.78, 5) is 54.6. The van der Waals surface area contributed by atoms with Gasteiger partial charge in [0.15, 0.2) is 0 Å². The fourth-order valence-electron chi connectivity index (χ4n) is 11.3. The summed E-state index contributed by atoms with van der Waals surface area (Å²) < 4.78 is 13.3. The van der Waals surface area contributed by atoms with Gasteiger partial charge in [-0.05, 0) is 195 Å². The number of carbonyl (C=O) groups excluding carboxylic acids is 2. The van der Waals surface area contributed by atoms with E-state index in [-0.39, 0.29) is 11.1 Å². The van der Waals surface area contributed by atoms with E-state index in [1.54, 1.807) is 81.8 Å². The van der Waals surface area contributed by atoms with E-state index >= 15 is 9.59 Å². The highest BCUT2D eigenvalue weighted by atomic mass is 32.2. The van der Waals surface area contributed by atoms with Crippen LogP contribution in [0.15, 0.2) is 259 Å². The molecule has 14 heteroatoms. The second-order valence-electron chi connectivity index (χ2n) is 19.5. The van der Waals surface area contributed by atoms with Crippen molar-refractivity contribution in [3.05, 3.63) is 241 Å². The number of rotatable bonds is 14. The highest BCUT2D eigenvalue weighted by molar-refractivity contribution is 7.99. The summed E-state index contributed by atoms with van der Waals surface area (Å²) in [7, 11) is 0. The van der Waals surface area contributed by atoms with Crippen LogP contribution in [0, 0.1) is 0 Å². The Morgan fingerprint density at radius 2 is 0.756 bits per heavy atom. The third kappa shape index (κ3) is 8.63. The van der Waals surface area contributed by atoms with Crippen LogP contribution >= 0.6 is 47.0 Å². The van der Waals surface area contributed by atoms with Gasteiger partial charge in [0, 0.05) is 87.4 Å². The third-order valence-corrected chi connectivity index (χ3v) is 18.2. The Morgan fingerprint density at radius 1 is 0.402 bits per heavy atom. The lowest BCUT2D eigenvalue weighted by atomic mass is 9.99. The second kappa shape index (κ2) is 21.2. The van der Waals surface area contributed by atoms with Gasteiger partial charge >= 0.3 is 0 Å². The van der Waals surface area contributed by atoms with E-state index in [4.69, 9.17) is 18.8 Å². The quantitative estimate of drug-likeness (QED) is 0.0970. The molecule has 6 heterocycles. The van der Waals surface area contributed by atoms with Crippen LogP contribution in [0.2, 0.25) is 0 Å². The van der Waals surface area contributed by atoms with E-state index in [0.29, 0.717) is 56.1 Å². The van der Waals surface area contributed by atoms with Crippen LogP contribution in [0.25, 0.3) is 55.1 Å². The van der Waals surface area contributed by atoms with Gasteiger partial charge in [-0.15, -0.1) is 47.0 Å². The molecule has 0 bridgehead atoms. The number of carbonyl (C=O) groups is 2. The van der Waals surface area contributed by atoms with Crippen molar-refractivity contribution in [2.75, 3.05) is 44.6 Å². The maximum atomic E-state index is 16.4. The van der Waals surface area contributed by atoms with Crippen molar-refractivity contribution in [2.24, 2.45) is 0 Å². The Labute approximate surface area is 490 Å². The van der Waals surface area contributed by atoms with Gasteiger partial charge in [-0.3, -0.25) is 29.4 Å². The van der Waals surface area contributed by atoms with Crippen molar-refractivity contribution in [3.63, 3.8) is 0 Å². The van der Waals surface area contributed by atoms with E-state index in [0.717, 1.165) is 75.3 Å². The van der Waals surface area contributed by atoms with E-state index in [2.05, 4.69) is 144 Å². The van der Waals surface area contributed by atoms with Gasteiger partial charge in [0.05, 0.1) is 68.8 Å². The standard InChI is InChI=1S/C68H48N6O4S4/c1-79-49-21-13-43(14-22-49)71(44-15-23-50(80-2)24-16-44)59-31-29-55(65-53(59)33-37-77-65)63-61-62(68(76)73(63)47-11-9-41-7-5-35-69-57(41)39-47)64(74(67(61)75)48-12-10-42-8-6-36-70-58(42)40-48)56-30-32-60(54-34-38-78-66(54)56)72(45-17-25-51(81-3)26-18-45)46-19-27-52(82-4)28-20-46/h5-40H,1-4H3. The minimum absolute atomic E-state index is 0.220. The molecule has 0 spiro atoms. The molecule has 0 fully saturated rings. The first-order valence-electron chi connectivity index (χ1n) is 26.4. The van der Waals surface area contributed by atoms with Crippen molar-refractivity contribution < 1.29 is 18.4 Å². The van der Waals surface area contributed by atoms with Gasteiger partial charge in [0.1, 0.15) is 11.2 Å². The summed E-state index contributed by atoms with van der Waals surface area (Å²) in [5.41, 5.74) is 11.3. The fraction of sp³-hybridized carbons (Fsp3) is 0.0588. The van der Waals surface area contributed by atoms with Gasteiger partial charge in [0.25, 0.3) is 11.8 Å². The molecule has 2 amide bonds. The number of thioether (sulfide) groups is 4. The molecular formula is C68H48N6O4S4. The highest BCUT2D eigenvalue weighted by Crippen LogP contribution is 2.54. The summed E-state index contributed by atoms with van der Waals surface area (Å²) in [5.74, 6) is -0.794.